The minimum absolute atomic E-state index is 0.210. The molecule has 4 heteroatoms. The van der Waals surface area contributed by atoms with E-state index >= 15 is 0 Å². The van der Waals surface area contributed by atoms with Crippen molar-refractivity contribution in [3.63, 3.8) is 0 Å². The van der Waals surface area contributed by atoms with Crippen LogP contribution in [0.4, 0.5) is 0 Å². The van der Waals surface area contributed by atoms with Crippen LogP contribution in [0.1, 0.15) is 46.6 Å². The summed E-state index contributed by atoms with van der Waals surface area (Å²) in [4.78, 5) is 16.9. The smallest absolute Gasteiger partial charge is 0.278 e. The van der Waals surface area contributed by atoms with Crippen LogP contribution < -0.4 is 4.90 Å². The summed E-state index contributed by atoms with van der Waals surface area (Å²) in [6, 6.07) is 21.6. The van der Waals surface area contributed by atoms with E-state index in [0.717, 1.165) is 24.5 Å². The summed E-state index contributed by atoms with van der Waals surface area (Å²) in [6.45, 7) is 8.94. The molecule has 0 radical (unpaired) electrons. The van der Waals surface area contributed by atoms with Crippen LogP contribution in [0.3, 0.4) is 0 Å². The fourth-order valence-electron chi connectivity index (χ4n) is 4.34. The number of aryl methyl sites for hydroxylation is 3. The quantitative estimate of drug-likeness (QED) is 0.526. The minimum Gasteiger partial charge on any atom is -0.464 e. The van der Waals surface area contributed by atoms with Gasteiger partial charge in [-0.2, -0.15) is 0 Å². The van der Waals surface area contributed by atoms with Gasteiger partial charge in [-0.25, -0.2) is 0 Å². The van der Waals surface area contributed by atoms with E-state index in [0.29, 0.717) is 25.7 Å². The van der Waals surface area contributed by atoms with Gasteiger partial charge in [-0.3, -0.25) is 4.79 Å². The first-order chi connectivity index (χ1) is 15.5. The summed E-state index contributed by atoms with van der Waals surface area (Å²) in [5.41, 5.74) is 5.21. The van der Waals surface area contributed by atoms with Crippen LogP contribution in [0, 0.1) is 20.8 Å². The van der Waals surface area contributed by atoms with Crippen molar-refractivity contribution in [3.05, 3.63) is 94.4 Å². The SMILES string of the molecule is Cc1ccc(C)c(C[NH+](CC(=O)N(CCc2ccccc2)Cc2ccc(C)o2)C2CC2)c1. The Morgan fingerprint density at radius 3 is 2.50 bits per heavy atom. The first kappa shape index (κ1) is 22.3. The van der Waals surface area contributed by atoms with Crippen LogP contribution in [0.5, 0.6) is 0 Å². The van der Waals surface area contributed by atoms with Gasteiger partial charge >= 0.3 is 0 Å². The van der Waals surface area contributed by atoms with Crippen LogP contribution in [0.2, 0.25) is 0 Å². The topological polar surface area (TPSA) is 37.9 Å². The summed E-state index contributed by atoms with van der Waals surface area (Å²) >= 11 is 0. The highest BCUT2D eigenvalue weighted by atomic mass is 16.3. The first-order valence-corrected chi connectivity index (χ1v) is 11.8. The molecule has 1 aliphatic rings. The second-order valence-electron chi connectivity index (χ2n) is 9.28. The molecule has 1 aromatic heterocycles. The van der Waals surface area contributed by atoms with E-state index in [9.17, 15) is 4.79 Å². The van der Waals surface area contributed by atoms with Crippen molar-refractivity contribution in [1.82, 2.24) is 4.90 Å². The number of nitrogens with one attached hydrogen (secondary N) is 1. The van der Waals surface area contributed by atoms with E-state index in [-0.39, 0.29) is 5.91 Å². The molecule has 0 bridgehead atoms. The van der Waals surface area contributed by atoms with Crippen molar-refractivity contribution in [1.29, 1.82) is 0 Å². The second-order valence-corrected chi connectivity index (χ2v) is 9.28. The van der Waals surface area contributed by atoms with Crippen molar-refractivity contribution in [3.8, 4) is 0 Å². The summed E-state index contributed by atoms with van der Waals surface area (Å²) < 4.78 is 5.80. The molecule has 1 unspecified atom stereocenters. The average molecular weight is 432 g/mol. The van der Waals surface area contributed by atoms with E-state index in [1.54, 1.807) is 0 Å². The fourth-order valence-corrected chi connectivity index (χ4v) is 4.34. The molecule has 168 valence electrons. The lowest BCUT2D eigenvalue weighted by molar-refractivity contribution is -0.917. The lowest BCUT2D eigenvalue weighted by atomic mass is 10.1. The zero-order valence-electron chi connectivity index (χ0n) is 19.6. The highest BCUT2D eigenvalue weighted by Gasteiger charge is 2.36. The van der Waals surface area contributed by atoms with Gasteiger partial charge in [0.2, 0.25) is 0 Å². The Kier molecular flexibility index (Phi) is 7.11. The second kappa shape index (κ2) is 10.2. The zero-order chi connectivity index (χ0) is 22.5. The van der Waals surface area contributed by atoms with Gasteiger partial charge in [-0.1, -0.05) is 54.1 Å². The zero-order valence-corrected chi connectivity index (χ0v) is 19.6. The molecule has 0 saturated heterocycles. The maximum atomic E-state index is 13.5. The normalized spacial score (nSPS) is 14.3. The van der Waals surface area contributed by atoms with Crippen LogP contribution in [0.25, 0.3) is 0 Å². The summed E-state index contributed by atoms with van der Waals surface area (Å²) in [5.74, 6) is 1.95. The van der Waals surface area contributed by atoms with Gasteiger partial charge in [0.1, 0.15) is 18.1 Å². The molecule has 3 aromatic rings. The Bertz CT molecular complexity index is 1040. The Hall–Kier alpha value is -2.85. The van der Waals surface area contributed by atoms with Gasteiger partial charge in [0.05, 0.1) is 12.6 Å². The van der Waals surface area contributed by atoms with E-state index < -0.39 is 0 Å². The van der Waals surface area contributed by atoms with Crippen molar-refractivity contribution in [2.24, 2.45) is 0 Å². The van der Waals surface area contributed by atoms with E-state index in [1.807, 2.05) is 30.0 Å². The van der Waals surface area contributed by atoms with E-state index in [1.165, 1.54) is 40.0 Å². The van der Waals surface area contributed by atoms with Crippen molar-refractivity contribution in [2.45, 2.75) is 59.2 Å². The van der Waals surface area contributed by atoms with Crippen LogP contribution in [-0.2, 0) is 24.3 Å². The average Bonchev–Trinajstić information content (AvgIpc) is 3.55. The minimum atomic E-state index is 0.210. The number of rotatable bonds is 10. The van der Waals surface area contributed by atoms with Gasteiger partial charge in [0.15, 0.2) is 6.54 Å². The van der Waals surface area contributed by atoms with Crippen molar-refractivity contribution in [2.75, 3.05) is 13.1 Å². The lowest BCUT2D eigenvalue weighted by Crippen LogP contribution is -3.13. The van der Waals surface area contributed by atoms with Gasteiger partial charge in [0, 0.05) is 24.9 Å². The number of nitrogens with zero attached hydrogens (tertiary/aromatic N) is 1. The summed E-state index contributed by atoms with van der Waals surface area (Å²) in [6.07, 6.45) is 3.28. The number of furan rings is 1. The van der Waals surface area contributed by atoms with Gasteiger partial charge in [0.25, 0.3) is 5.91 Å². The van der Waals surface area contributed by atoms with Crippen molar-refractivity contribution < 1.29 is 14.1 Å². The fraction of sp³-hybridized carbons (Fsp3) is 0.393. The molecule has 0 aliphatic heterocycles. The predicted octanol–water partition coefficient (Wildman–Crippen LogP) is 4.02. The molecule has 1 fully saturated rings. The maximum Gasteiger partial charge on any atom is 0.278 e. The van der Waals surface area contributed by atoms with Crippen molar-refractivity contribution >= 4 is 5.91 Å². The van der Waals surface area contributed by atoms with Gasteiger partial charge in [-0.05, 0) is 50.5 Å². The number of benzene rings is 2. The Morgan fingerprint density at radius 2 is 1.81 bits per heavy atom. The maximum absolute atomic E-state index is 13.5. The molecular formula is C28H35N2O2+. The summed E-state index contributed by atoms with van der Waals surface area (Å²) in [5, 5.41) is 0. The number of carbonyl (C=O) groups excluding carboxylic acids is 1. The van der Waals surface area contributed by atoms with Crippen LogP contribution in [0.15, 0.2) is 65.1 Å². The monoisotopic (exact) mass is 431 g/mol. The number of carbonyl (C=O) groups is 1. The highest BCUT2D eigenvalue weighted by Crippen LogP contribution is 2.17. The van der Waals surface area contributed by atoms with E-state index in [2.05, 4.69) is 56.3 Å². The third kappa shape index (κ3) is 6.10. The van der Waals surface area contributed by atoms with Gasteiger partial charge < -0.3 is 14.2 Å². The molecule has 1 amide bonds. The molecule has 4 rings (SSSR count). The number of quaternary nitrogens is 1. The Labute approximate surface area is 191 Å². The van der Waals surface area contributed by atoms with Gasteiger partial charge in [-0.15, -0.1) is 0 Å². The highest BCUT2D eigenvalue weighted by molar-refractivity contribution is 5.77. The largest absolute Gasteiger partial charge is 0.464 e. The molecule has 1 saturated carbocycles. The first-order valence-electron chi connectivity index (χ1n) is 11.8. The standard InChI is InChI=1S/C28H34N2O2/c1-21-9-10-22(2)25(17-21)18-30(26-12-13-26)20-28(31)29(19-27-14-11-23(3)32-27)16-15-24-7-5-4-6-8-24/h4-11,14,17,26H,12-13,15-16,18-20H2,1-3H3/p+1. The molecule has 2 aromatic carbocycles. The molecule has 0 spiro atoms. The molecule has 1 N–H and O–H groups in total. The summed E-state index contributed by atoms with van der Waals surface area (Å²) in [7, 11) is 0. The lowest BCUT2D eigenvalue weighted by Gasteiger charge is -2.26. The molecule has 1 aliphatic carbocycles. The van der Waals surface area contributed by atoms with Crippen LogP contribution in [-0.4, -0.2) is 29.9 Å². The third-order valence-electron chi connectivity index (χ3n) is 6.46. The number of hydrogen-bond donors (Lipinski definition) is 1. The van der Waals surface area contributed by atoms with E-state index in [4.69, 9.17) is 4.42 Å². The molecule has 32 heavy (non-hydrogen) atoms. The predicted molar refractivity (Wildman–Crippen MR) is 127 cm³/mol. The number of hydrogen-bond acceptors (Lipinski definition) is 2. The molecule has 1 heterocycles. The molecule has 4 nitrogen and oxygen atoms in total. The number of amides is 1. The third-order valence-corrected chi connectivity index (χ3v) is 6.46. The Morgan fingerprint density at radius 1 is 1.03 bits per heavy atom. The molecular weight excluding hydrogens is 396 g/mol. The Balaban J connectivity index is 1.47. The molecule has 1 atom stereocenters. The van der Waals surface area contributed by atoms with Crippen LogP contribution >= 0.6 is 0 Å².